The predicted octanol–water partition coefficient (Wildman–Crippen LogP) is 3.14. The second kappa shape index (κ2) is 6.70. The molecule has 0 saturated carbocycles. The van der Waals surface area contributed by atoms with E-state index in [1.54, 1.807) is 19.9 Å². The molecule has 1 rings (SSSR count). The summed E-state index contributed by atoms with van der Waals surface area (Å²) in [7, 11) is 0. The van der Waals surface area contributed by atoms with Crippen LogP contribution in [0.5, 0.6) is 0 Å². The maximum absolute atomic E-state index is 11.8. The van der Waals surface area contributed by atoms with Crippen LogP contribution in [-0.2, 0) is 9.59 Å². The molecule has 5 heteroatoms. The summed E-state index contributed by atoms with van der Waals surface area (Å²) in [6.07, 6.45) is 2.97. The number of hydrogen-bond acceptors (Lipinski definition) is 2. The molecular weight excluding hydrogens is 322 g/mol. The number of hydrogen-bond donors (Lipinski definition) is 2. The van der Waals surface area contributed by atoms with E-state index in [0.29, 0.717) is 0 Å². The van der Waals surface area contributed by atoms with E-state index in [0.717, 1.165) is 15.6 Å². The number of carboxylic acids is 1. The Morgan fingerprint density at radius 1 is 1.40 bits per heavy atom. The summed E-state index contributed by atoms with van der Waals surface area (Å²) in [5.74, 6) is -1.26. The highest BCUT2D eigenvalue weighted by molar-refractivity contribution is 9.10. The Balaban J connectivity index is 2.70. The summed E-state index contributed by atoms with van der Waals surface area (Å²) in [5.41, 5.74) is 1.24. The average Bonchev–Trinajstić information content (AvgIpc) is 2.24. The predicted molar refractivity (Wildman–Crippen MR) is 82.4 cm³/mol. The van der Waals surface area contributed by atoms with Crippen molar-refractivity contribution in [3.63, 3.8) is 0 Å². The topological polar surface area (TPSA) is 66.4 Å². The van der Waals surface area contributed by atoms with Gasteiger partial charge in [-0.2, -0.15) is 0 Å². The number of aliphatic carboxylic acids is 1. The molecule has 0 aromatic heterocycles. The van der Waals surface area contributed by atoms with Gasteiger partial charge in [-0.05, 0) is 44.0 Å². The van der Waals surface area contributed by atoms with Crippen LogP contribution in [0.2, 0.25) is 0 Å². The van der Waals surface area contributed by atoms with Crippen LogP contribution in [0.1, 0.15) is 31.4 Å². The summed E-state index contributed by atoms with van der Waals surface area (Å²) in [6, 6.07) is 5.83. The number of carbonyl (C=O) groups is 2. The Hall–Kier alpha value is -1.62. The maximum atomic E-state index is 11.8. The number of rotatable bonds is 5. The molecule has 4 nitrogen and oxygen atoms in total. The van der Waals surface area contributed by atoms with Crippen molar-refractivity contribution >= 4 is 33.9 Å². The minimum absolute atomic E-state index is 0.124. The molecule has 108 valence electrons. The zero-order valence-electron chi connectivity index (χ0n) is 11.7. The average molecular weight is 340 g/mol. The summed E-state index contributed by atoms with van der Waals surface area (Å²) >= 11 is 3.43. The van der Waals surface area contributed by atoms with Crippen molar-refractivity contribution in [3.8, 4) is 0 Å². The van der Waals surface area contributed by atoms with E-state index in [1.807, 2.05) is 25.1 Å². The van der Waals surface area contributed by atoms with E-state index < -0.39 is 11.5 Å². The van der Waals surface area contributed by atoms with Gasteiger partial charge < -0.3 is 10.4 Å². The number of carboxylic acid groups (broad SMARTS) is 1. The van der Waals surface area contributed by atoms with Gasteiger partial charge in [-0.3, -0.25) is 9.59 Å². The molecule has 0 bridgehead atoms. The van der Waals surface area contributed by atoms with Gasteiger partial charge in [0.1, 0.15) is 0 Å². The van der Waals surface area contributed by atoms with Gasteiger partial charge in [0.15, 0.2) is 0 Å². The molecular formula is C15H18BrNO3. The van der Waals surface area contributed by atoms with Crippen molar-refractivity contribution in [1.82, 2.24) is 5.32 Å². The van der Waals surface area contributed by atoms with Crippen LogP contribution >= 0.6 is 15.9 Å². The minimum Gasteiger partial charge on any atom is -0.481 e. The van der Waals surface area contributed by atoms with Crippen molar-refractivity contribution in [2.24, 2.45) is 0 Å². The number of carbonyl (C=O) groups excluding carboxylic acids is 1. The van der Waals surface area contributed by atoms with Crippen molar-refractivity contribution in [2.45, 2.75) is 32.7 Å². The lowest BCUT2D eigenvalue weighted by Gasteiger charge is -2.23. The summed E-state index contributed by atoms with van der Waals surface area (Å²) in [4.78, 5) is 22.5. The van der Waals surface area contributed by atoms with Gasteiger partial charge in [-0.15, -0.1) is 0 Å². The number of aryl methyl sites for hydroxylation is 1. The van der Waals surface area contributed by atoms with Crippen molar-refractivity contribution in [1.29, 1.82) is 0 Å². The summed E-state index contributed by atoms with van der Waals surface area (Å²) in [5, 5.41) is 11.4. The lowest BCUT2D eigenvalue weighted by atomic mass is 10.0. The molecule has 0 fully saturated rings. The van der Waals surface area contributed by atoms with E-state index >= 15 is 0 Å². The second-order valence-electron chi connectivity index (χ2n) is 5.30. The minimum atomic E-state index is -0.944. The van der Waals surface area contributed by atoms with Crippen LogP contribution in [0.25, 0.3) is 6.08 Å². The smallest absolute Gasteiger partial charge is 0.305 e. The molecule has 0 unspecified atom stereocenters. The first-order valence-corrected chi connectivity index (χ1v) is 6.97. The van der Waals surface area contributed by atoms with E-state index in [-0.39, 0.29) is 12.3 Å². The fourth-order valence-corrected chi connectivity index (χ4v) is 2.36. The first-order valence-electron chi connectivity index (χ1n) is 6.18. The Morgan fingerprint density at radius 2 is 2.05 bits per heavy atom. The Kier molecular flexibility index (Phi) is 5.51. The molecule has 0 aliphatic heterocycles. The van der Waals surface area contributed by atoms with Gasteiger partial charge in [0, 0.05) is 16.1 Å². The van der Waals surface area contributed by atoms with E-state index in [1.165, 1.54) is 6.08 Å². The lowest BCUT2D eigenvalue weighted by molar-refractivity contribution is -0.138. The van der Waals surface area contributed by atoms with Crippen LogP contribution in [-0.4, -0.2) is 22.5 Å². The fourth-order valence-electron chi connectivity index (χ4n) is 1.73. The van der Waals surface area contributed by atoms with Gasteiger partial charge in [0.2, 0.25) is 5.91 Å². The van der Waals surface area contributed by atoms with Gasteiger partial charge in [-0.25, -0.2) is 0 Å². The highest BCUT2D eigenvalue weighted by Gasteiger charge is 2.22. The van der Waals surface area contributed by atoms with E-state index in [9.17, 15) is 9.59 Å². The normalized spacial score (nSPS) is 11.6. The number of benzene rings is 1. The molecule has 1 aromatic carbocycles. The van der Waals surface area contributed by atoms with Crippen molar-refractivity contribution < 1.29 is 14.7 Å². The first-order chi connectivity index (χ1) is 9.19. The third kappa shape index (κ3) is 5.57. The number of amides is 1. The van der Waals surface area contributed by atoms with Gasteiger partial charge in [0.25, 0.3) is 0 Å². The van der Waals surface area contributed by atoms with Gasteiger partial charge >= 0.3 is 5.97 Å². The molecule has 20 heavy (non-hydrogen) atoms. The van der Waals surface area contributed by atoms with Crippen LogP contribution < -0.4 is 5.32 Å². The quantitative estimate of drug-likeness (QED) is 0.810. The lowest BCUT2D eigenvalue weighted by Crippen LogP contribution is -2.44. The van der Waals surface area contributed by atoms with Crippen LogP contribution in [0.15, 0.2) is 28.7 Å². The molecule has 1 amide bonds. The molecule has 0 atom stereocenters. The van der Waals surface area contributed by atoms with Crippen LogP contribution in [0, 0.1) is 6.92 Å². The molecule has 0 spiro atoms. The Bertz CT molecular complexity index is 550. The van der Waals surface area contributed by atoms with Crippen molar-refractivity contribution in [2.75, 3.05) is 0 Å². The number of nitrogens with one attached hydrogen (secondary N) is 1. The zero-order valence-corrected chi connectivity index (χ0v) is 13.3. The van der Waals surface area contributed by atoms with Gasteiger partial charge in [-0.1, -0.05) is 28.1 Å². The monoisotopic (exact) mass is 339 g/mol. The largest absolute Gasteiger partial charge is 0.481 e. The highest BCUT2D eigenvalue weighted by atomic mass is 79.9. The summed E-state index contributed by atoms with van der Waals surface area (Å²) in [6.45, 7) is 5.34. The third-order valence-electron chi connectivity index (χ3n) is 2.62. The third-order valence-corrected chi connectivity index (χ3v) is 3.31. The molecule has 1 aromatic rings. The molecule has 0 radical (unpaired) electrons. The van der Waals surface area contributed by atoms with Gasteiger partial charge in [0.05, 0.1) is 6.42 Å². The standard InChI is InChI=1S/C15H18BrNO3/c1-10-4-5-11(12(16)8-10)6-7-13(18)17-15(2,3)9-14(19)20/h4-8H,9H2,1-3H3,(H,17,18)(H,19,20). The molecule has 0 aliphatic rings. The fraction of sp³-hybridized carbons (Fsp3) is 0.333. The SMILES string of the molecule is Cc1ccc(C=CC(=O)NC(C)(C)CC(=O)O)c(Br)c1. The summed E-state index contributed by atoms with van der Waals surface area (Å²) < 4.78 is 0.909. The molecule has 0 aliphatic carbocycles. The van der Waals surface area contributed by atoms with E-state index in [2.05, 4.69) is 21.2 Å². The van der Waals surface area contributed by atoms with Crippen molar-refractivity contribution in [3.05, 3.63) is 39.9 Å². The number of halogens is 1. The van der Waals surface area contributed by atoms with E-state index in [4.69, 9.17) is 5.11 Å². The van der Waals surface area contributed by atoms with Crippen LogP contribution in [0.4, 0.5) is 0 Å². The molecule has 0 saturated heterocycles. The first kappa shape index (κ1) is 16.4. The molecule has 0 heterocycles. The maximum Gasteiger partial charge on any atom is 0.305 e. The molecule has 2 N–H and O–H groups in total. The Labute approximate surface area is 127 Å². The zero-order chi connectivity index (χ0) is 15.3. The highest BCUT2D eigenvalue weighted by Crippen LogP contribution is 2.19. The second-order valence-corrected chi connectivity index (χ2v) is 6.16. The van der Waals surface area contributed by atoms with Crippen LogP contribution in [0.3, 0.4) is 0 Å². The Morgan fingerprint density at radius 3 is 2.60 bits per heavy atom.